The molecule has 0 saturated heterocycles. The molecule has 0 saturated carbocycles. The van der Waals surface area contributed by atoms with Gasteiger partial charge in [-0.2, -0.15) is 0 Å². The fourth-order valence-electron chi connectivity index (χ4n) is 1.73. The van der Waals surface area contributed by atoms with Crippen molar-refractivity contribution in [3.8, 4) is 0 Å². The average Bonchev–Trinajstić information content (AvgIpc) is 2.44. The SMILES string of the molecule is CCC(N)Cc1ccc(Sc2ccc(Cl)cn2)cc1Br. The maximum Gasteiger partial charge on any atom is 0.101 e. The molecule has 0 aliphatic carbocycles. The van der Waals surface area contributed by atoms with E-state index >= 15 is 0 Å². The van der Waals surface area contributed by atoms with Gasteiger partial charge in [0.05, 0.1) is 5.02 Å². The van der Waals surface area contributed by atoms with E-state index in [1.54, 1.807) is 18.0 Å². The predicted molar refractivity (Wildman–Crippen MR) is 89.5 cm³/mol. The predicted octanol–water partition coefficient (Wildman–Crippen LogP) is 4.93. The molecule has 0 fully saturated rings. The molecule has 1 aromatic heterocycles. The molecule has 2 rings (SSSR count). The van der Waals surface area contributed by atoms with Crippen LogP contribution < -0.4 is 5.73 Å². The summed E-state index contributed by atoms with van der Waals surface area (Å²) in [6, 6.07) is 10.3. The van der Waals surface area contributed by atoms with Gasteiger partial charge in [-0.3, -0.25) is 0 Å². The quantitative estimate of drug-likeness (QED) is 0.810. The van der Waals surface area contributed by atoms with E-state index in [4.69, 9.17) is 17.3 Å². The van der Waals surface area contributed by atoms with Gasteiger partial charge in [-0.1, -0.05) is 52.3 Å². The van der Waals surface area contributed by atoms with E-state index in [2.05, 4.69) is 46.0 Å². The molecular formula is C15H16BrClN2S. The van der Waals surface area contributed by atoms with Crippen molar-refractivity contribution in [3.05, 3.63) is 51.6 Å². The lowest BCUT2D eigenvalue weighted by Gasteiger charge is -2.11. The minimum absolute atomic E-state index is 0.211. The molecule has 1 unspecified atom stereocenters. The van der Waals surface area contributed by atoms with Crippen LogP contribution in [0.15, 0.2) is 50.9 Å². The molecular weight excluding hydrogens is 356 g/mol. The zero-order valence-corrected chi connectivity index (χ0v) is 14.3. The van der Waals surface area contributed by atoms with Crippen molar-refractivity contribution in [3.63, 3.8) is 0 Å². The van der Waals surface area contributed by atoms with E-state index in [1.165, 1.54) is 5.56 Å². The second-order valence-corrected chi connectivity index (χ2v) is 6.93. The van der Waals surface area contributed by atoms with Crippen molar-refractivity contribution < 1.29 is 0 Å². The van der Waals surface area contributed by atoms with E-state index in [9.17, 15) is 0 Å². The molecule has 0 radical (unpaired) electrons. The molecule has 20 heavy (non-hydrogen) atoms. The number of nitrogens with zero attached hydrogens (tertiary/aromatic N) is 1. The van der Waals surface area contributed by atoms with Crippen molar-refractivity contribution in [2.24, 2.45) is 5.73 Å². The lowest BCUT2D eigenvalue weighted by molar-refractivity contribution is 0.645. The van der Waals surface area contributed by atoms with Crippen LogP contribution in [-0.4, -0.2) is 11.0 Å². The molecule has 1 atom stereocenters. The fraction of sp³-hybridized carbons (Fsp3) is 0.267. The minimum atomic E-state index is 0.211. The van der Waals surface area contributed by atoms with Crippen molar-refractivity contribution in [2.75, 3.05) is 0 Å². The second-order valence-electron chi connectivity index (χ2n) is 4.54. The molecule has 2 nitrogen and oxygen atoms in total. The van der Waals surface area contributed by atoms with Crippen LogP contribution in [0.1, 0.15) is 18.9 Å². The van der Waals surface area contributed by atoms with Gasteiger partial charge in [0.1, 0.15) is 5.03 Å². The van der Waals surface area contributed by atoms with Crippen molar-refractivity contribution in [1.29, 1.82) is 0 Å². The molecule has 2 N–H and O–H groups in total. The average molecular weight is 372 g/mol. The maximum absolute atomic E-state index is 6.00. The third-order valence-corrected chi connectivity index (χ3v) is 4.86. The van der Waals surface area contributed by atoms with Crippen molar-refractivity contribution in [1.82, 2.24) is 4.98 Å². The van der Waals surface area contributed by atoms with Gasteiger partial charge in [0.2, 0.25) is 0 Å². The first-order valence-corrected chi connectivity index (χ1v) is 8.40. The first kappa shape index (κ1) is 15.8. The van der Waals surface area contributed by atoms with Crippen LogP contribution >= 0.6 is 39.3 Å². The van der Waals surface area contributed by atoms with Gasteiger partial charge in [0.15, 0.2) is 0 Å². The Bertz CT molecular complexity index is 575. The van der Waals surface area contributed by atoms with Crippen LogP contribution in [0.5, 0.6) is 0 Å². The highest BCUT2D eigenvalue weighted by Gasteiger charge is 2.07. The Kier molecular flexibility index (Phi) is 5.90. The van der Waals surface area contributed by atoms with Crippen LogP contribution in [-0.2, 0) is 6.42 Å². The summed E-state index contributed by atoms with van der Waals surface area (Å²) >= 11 is 11.1. The molecule has 1 heterocycles. The maximum atomic E-state index is 6.00. The Hall–Kier alpha value is -0.550. The largest absolute Gasteiger partial charge is 0.327 e. The zero-order valence-electron chi connectivity index (χ0n) is 11.1. The Balaban J connectivity index is 2.10. The number of halogens is 2. The van der Waals surface area contributed by atoms with Crippen LogP contribution in [0.25, 0.3) is 0 Å². The summed E-state index contributed by atoms with van der Waals surface area (Å²) in [4.78, 5) is 5.42. The van der Waals surface area contributed by atoms with E-state index in [1.807, 2.05) is 12.1 Å². The Morgan fingerprint density at radius 3 is 2.75 bits per heavy atom. The molecule has 0 amide bonds. The molecule has 2 aromatic rings. The number of aromatic nitrogens is 1. The summed E-state index contributed by atoms with van der Waals surface area (Å²) in [5.41, 5.74) is 7.24. The van der Waals surface area contributed by atoms with E-state index in [-0.39, 0.29) is 6.04 Å². The zero-order chi connectivity index (χ0) is 14.5. The Morgan fingerprint density at radius 2 is 2.15 bits per heavy atom. The van der Waals surface area contributed by atoms with Crippen LogP contribution in [0.2, 0.25) is 5.02 Å². The van der Waals surface area contributed by atoms with E-state index in [0.29, 0.717) is 5.02 Å². The van der Waals surface area contributed by atoms with Crippen LogP contribution in [0, 0.1) is 0 Å². The number of pyridine rings is 1. The molecule has 1 aromatic carbocycles. The van der Waals surface area contributed by atoms with Gasteiger partial charge >= 0.3 is 0 Å². The fourth-order valence-corrected chi connectivity index (χ4v) is 3.33. The summed E-state index contributed by atoms with van der Waals surface area (Å²) in [7, 11) is 0. The summed E-state index contributed by atoms with van der Waals surface area (Å²) in [6.45, 7) is 2.11. The van der Waals surface area contributed by atoms with Gasteiger partial charge in [-0.05, 0) is 42.7 Å². The Morgan fingerprint density at radius 1 is 1.35 bits per heavy atom. The van der Waals surface area contributed by atoms with Gasteiger partial charge < -0.3 is 5.73 Å². The summed E-state index contributed by atoms with van der Waals surface area (Å²) in [5.74, 6) is 0. The topological polar surface area (TPSA) is 38.9 Å². The lowest BCUT2D eigenvalue weighted by Crippen LogP contribution is -2.21. The number of nitrogens with two attached hydrogens (primary N) is 1. The standard InChI is InChI=1S/C15H16BrClN2S/c1-2-12(18)7-10-3-5-13(8-14(10)16)20-15-6-4-11(17)9-19-15/h3-6,8-9,12H,2,7,18H2,1H3. The molecule has 106 valence electrons. The molecule has 0 aliphatic rings. The van der Waals surface area contributed by atoms with Crippen LogP contribution in [0.4, 0.5) is 0 Å². The first-order valence-electron chi connectivity index (χ1n) is 6.42. The minimum Gasteiger partial charge on any atom is -0.327 e. The monoisotopic (exact) mass is 370 g/mol. The number of rotatable bonds is 5. The molecule has 0 spiro atoms. The molecule has 5 heteroatoms. The third-order valence-electron chi connectivity index (χ3n) is 2.95. The van der Waals surface area contributed by atoms with E-state index < -0.39 is 0 Å². The van der Waals surface area contributed by atoms with Crippen LogP contribution in [0.3, 0.4) is 0 Å². The van der Waals surface area contributed by atoms with Gasteiger partial charge in [0.25, 0.3) is 0 Å². The smallest absolute Gasteiger partial charge is 0.101 e. The molecule has 0 aliphatic heterocycles. The summed E-state index contributed by atoms with van der Waals surface area (Å²) in [6.07, 6.45) is 3.53. The van der Waals surface area contributed by atoms with Gasteiger partial charge in [-0.25, -0.2) is 4.98 Å². The van der Waals surface area contributed by atoms with Crippen molar-refractivity contribution in [2.45, 2.75) is 35.7 Å². The Labute approximate surface area is 137 Å². The summed E-state index contributed by atoms with van der Waals surface area (Å²) in [5, 5.41) is 1.58. The lowest BCUT2D eigenvalue weighted by atomic mass is 10.1. The van der Waals surface area contributed by atoms with Gasteiger partial charge in [0, 0.05) is 21.6 Å². The normalized spacial score (nSPS) is 12.4. The highest BCUT2D eigenvalue weighted by atomic mass is 79.9. The summed E-state index contributed by atoms with van der Waals surface area (Å²) < 4.78 is 1.10. The van der Waals surface area contributed by atoms with Crippen molar-refractivity contribution >= 4 is 39.3 Å². The number of hydrogen-bond acceptors (Lipinski definition) is 3. The molecule has 0 bridgehead atoms. The second kappa shape index (κ2) is 7.46. The first-order chi connectivity index (χ1) is 9.58. The van der Waals surface area contributed by atoms with Gasteiger partial charge in [-0.15, -0.1) is 0 Å². The highest BCUT2D eigenvalue weighted by Crippen LogP contribution is 2.30. The van der Waals surface area contributed by atoms with E-state index in [0.717, 1.165) is 27.2 Å². The third kappa shape index (κ3) is 4.48. The number of benzene rings is 1. The number of hydrogen-bond donors (Lipinski definition) is 1. The highest BCUT2D eigenvalue weighted by molar-refractivity contribution is 9.10.